The van der Waals surface area contributed by atoms with Crippen molar-refractivity contribution in [2.24, 2.45) is 0 Å². The van der Waals surface area contributed by atoms with Crippen LogP contribution in [0.1, 0.15) is 11.1 Å². The maximum atomic E-state index is 12.3. The number of nitrogens with zero attached hydrogens (tertiary/aromatic N) is 2. The van der Waals surface area contributed by atoms with Gasteiger partial charge in [-0.3, -0.25) is 14.6 Å². The average molecular weight is 383 g/mol. The second-order valence-corrected chi connectivity index (χ2v) is 7.00. The number of rotatable bonds is 8. The molecule has 1 heterocycles. The smallest absolute Gasteiger partial charge is 0.234 e. The lowest BCUT2D eigenvalue weighted by atomic mass is 10.2. The van der Waals surface area contributed by atoms with Crippen molar-refractivity contribution in [2.45, 2.75) is 13.1 Å². The summed E-state index contributed by atoms with van der Waals surface area (Å²) in [5.41, 5.74) is 2.32. The van der Waals surface area contributed by atoms with Crippen LogP contribution in [0.2, 0.25) is 0 Å². The first-order chi connectivity index (χ1) is 13.7. The van der Waals surface area contributed by atoms with Gasteiger partial charge in [-0.25, -0.2) is 0 Å². The molecular weight excluding hydrogens is 354 g/mol. The molecule has 0 atom stereocenters. The quantitative estimate of drug-likeness (QED) is 0.757. The number of ether oxygens (including phenoxy) is 2. The zero-order chi connectivity index (χ0) is 19.8. The van der Waals surface area contributed by atoms with Gasteiger partial charge in [0.2, 0.25) is 5.91 Å². The van der Waals surface area contributed by atoms with E-state index in [0.717, 1.165) is 38.3 Å². The Hall–Kier alpha value is -2.57. The second kappa shape index (κ2) is 10.1. The van der Waals surface area contributed by atoms with Crippen molar-refractivity contribution in [3.05, 3.63) is 59.7 Å². The third kappa shape index (κ3) is 5.71. The van der Waals surface area contributed by atoms with Gasteiger partial charge in [-0.15, -0.1) is 0 Å². The van der Waals surface area contributed by atoms with E-state index in [9.17, 15) is 4.79 Å². The number of carbonyl (C=O) groups excluding carboxylic acids is 1. The van der Waals surface area contributed by atoms with E-state index in [2.05, 4.69) is 39.4 Å². The molecule has 0 spiro atoms. The maximum absolute atomic E-state index is 12.3. The van der Waals surface area contributed by atoms with E-state index in [0.29, 0.717) is 24.6 Å². The molecule has 1 amide bonds. The minimum atomic E-state index is 0.0475. The average Bonchev–Trinajstić information content (AvgIpc) is 2.74. The predicted octanol–water partition coefficient (Wildman–Crippen LogP) is 2.14. The number of piperazine rings is 1. The highest BCUT2D eigenvalue weighted by Crippen LogP contribution is 2.27. The van der Waals surface area contributed by atoms with E-state index in [4.69, 9.17) is 9.47 Å². The molecule has 0 radical (unpaired) electrons. The number of hydrogen-bond donors (Lipinski definition) is 1. The van der Waals surface area contributed by atoms with Crippen LogP contribution in [0.4, 0.5) is 0 Å². The van der Waals surface area contributed by atoms with E-state index >= 15 is 0 Å². The van der Waals surface area contributed by atoms with Gasteiger partial charge in [0.15, 0.2) is 11.5 Å². The van der Waals surface area contributed by atoms with Gasteiger partial charge in [0, 0.05) is 39.3 Å². The van der Waals surface area contributed by atoms with Gasteiger partial charge in [-0.05, 0) is 23.3 Å². The van der Waals surface area contributed by atoms with Crippen molar-refractivity contribution < 1.29 is 14.3 Å². The zero-order valence-electron chi connectivity index (χ0n) is 16.7. The van der Waals surface area contributed by atoms with Crippen molar-refractivity contribution in [1.82, 2.24) is 15.1 Å². The molecule has 0 aromatic heterocycles. The van der Waals surface area contributed by atoms with Crippen LogP contribution in [0.15, 0.2) is 48.5 Å². The van der Waals surface area contributed by atoms with Crippen LogP contribution < -0.4 is 14.8 Å². The number of nitrogens with one attached hydrogen (secondary N) is 1. The van der Waals surface area contributed by atoms with Crippen LogP contribution in [0.25, 0.3) is 0 Å². The van der Waals surface area contributed by atoms with Crippen LogP contribution in [0.5, 0.6) is 11.5 Å². The number of benzene rings is 2. The Morgan fingerprint density at radius 2 is 1.57 bits per heavy atom. The molecule has 1 aliphatic rings. The first kappa shape index (κ1) is 20.2. The lowest BCUT2D eigenvalue weighted by molar-refractivity contribution is -0.122. The number of carbonyl (C=O) groups is 1. The summed E-state index contributed by atoms with van der Waals surface area (Å²) in [5.74, 6) is 1.40. The first-order valence-electron chi connectivity index (χ1n) is 9.64. The minimum absolute atomic E-state index is 0.0475. The van der Waals surface area contributed by atoms with Crippen molar-refractivity contribution in [2.75, 3.05) is 46.9 Å². The molecule has 1 saturated heterocycles. The number of amides is 1. The Morgan fingerprint density at radius 3 is 2.25 bits per heavy atom. The van der Waals surface area contributed by atoms with Gasteiger partial charge in [0.05, 0.1) is 20.8 Å². The Labute approximate surface area is 167 Å². The van der Waals surface area contributed by atoms with E-state index in [1.54, 1.807) is 14.2 Å². The molecule has 0 saturated carbocycles. The summed E-state index contributed by atoms with van der Waals surface area (Å²) in [7, 11) is 3.22. The summed E-state index contributed by atoms with van der Waals surface area (Å²) < 4.78 is 10.5. The first-order valence-corrected chi connectivity index (χ1v) is 9.64. The van der Waals surface area contributed by atoms with E-state index < -0.39 is 0 Å². The van der Waals surface area contributed by atoms with Crippen LogP contribution in [0, 0.1) is 0 Å². The third-order valence-electron chi connectivity index (χ3n) is 5.02. The van der Waals surface area contributed by atoms with Gasteiger partial charge in [0.1, 0.15) is 0 Å². The monoisotopic (exact) mass is 383 g/mol. The second-order valence-electron chi connectivity index (χ2n) is 7.00. The predicted molar refractivity (Wildman–Crippen MR) is 110 cm³/mol. The Morgan fingerprint density at radius 1 is 0.893 bits per heavy atom. The molecule has 2 aromatic rings. The molecule has 0 unspecified atom stereocenters. The van der Waals surface area contributed by atoms with Gasteiger partial charge in [-0.1, -0.05) is 36.4 Å². The van der Waals surface area contributed by atoms with Crippen LogP contribution in [-0.4, -0.2) is 62.7 Å². The molecule has 150 valence electrons. The Kier molecular flexibility index (Phi) is 7.28. The Balaban J connectivity index is 1.40. The molecule has 1 aliphatic heterocycles. The fraction of sp³-hybridized carbons (Fsp3) is 0.409. The molecular formula is C22H29N3O3. The number of hydrogen-bond acceptors (Lipinski definition) is 5. The van der Waals surface area contributed by atoms with Gasteiger partial charge >= 0.3 is 0 Å². The third-order valence-corrected chi connectivity index (χ3v) is 5.02. The summed E-state index contributed by atoms with van der Waals surface area (Å²) in [6, 6.07) is 16.2. The highest BCUT2D eigenvalue weighted by atomic mass is 16.5. The molecule has 1 N–H and O–H groups in total. The minimum Gasteiger partial charge on any atom is -0.493 e. The highest BCUT2D eigenvalue weighted by Gasteiger charge is 2.19. The largest absolute Gasteiger partial charge is 0.493 e. The molecule has 28 heavy (non-hydrogen) atoms. The number of methoxy groups -OCH3 is 2. The lowest BCUT2D eigenvalue weighted by Crippen LogP contribution is -2.49. The molecule has 2 aromatic carbocycles. The van der Waals surface area contributed by atoms with Crippen molar-refractivity contribution in [1.29, 1.82) is 0 Å². The van der Waals surface area contributed by atoms with E-state index in [1.165, 1.54) is 5.56 Å². The van der Waals surface area contributed by atoms with Gasteiger partial charge in [-0.2, -0.15) is 0 Å². The van der Waals surface area contributed by atoms with Gasteiger partial charge < -0.3 is 14.8 Å². The summed E-state index contributed by atoms with van der Waals surface area (Å²) in [4.78, 5) is 17.0. The highest BCUT2D eigenvalue weighted by molar-refractivity contribution is 5.78. The van der Waals surface area contributed by atoms with Crippen LogP contribution >= 0.6 is 0 Å². The lowest BCUT2D eigenvalue weighted by Gasteiger charge is -2.34. The summed E-state index contributed by atoms with van der Waals surface area (Å²) in [6.45, 7) is 5.68. The topological polar surface area (TPSA) is 54.0 Å². The van der Waals surface area contributed by atoms with E-state index in [-0.39, 0.29) is 5.91 Å². The van der Waals surface area contributed by atoms with Gasteiger partial charge in [0.25, 0.3) is 0 Å². The molecule has 0 aliphatic carbocycles. The SMILES string of the molecule is COc1ccc(CNC(=O)CN2CCN(Cc3ccccc3)CC2)cc1OC. The van der Waals surface area contributed by atoms with Crippen molar-refractivity contribution in [3.63, 3.8) is 0 Å². The molecule has 3 rings (SSSR count). The molecule has 0 bridgehead atoms. The maximum Gasteiger partial charge on any atom is 0.234 e. The van der Waals surface area contributed by atoms with Crippen molar-refractivity contribution in [3.8, 4) is 11.5 Å². The summed E-state index contributed by atoms with van der Waals surface area (Å²) in [5, 5.41) is 3.00. The van der Waals surface area contributed by atoms with E-state index in [1.807, 2.05) is 24.3 Å². The Bertz CT molecular complexity index is 759. The fourth-order valence-electron chi connectivity index (χ4n) is 3.40. The summed E-state index contributed by atoms with van der Waals surface area (Å²) in [6.07, 6.45) is 0. The fourth-order valence-corrected chi connectivity index (χ4v) is 3.40. The van der Waals surface area contributed by atoms with Crippen LogP contribution in [-0.2, 0) is 17.9 Å². The molecule has 6 nitrogen and oxygen atoms in total. The molecule has 1 fully saturated rings. The van der Waals surface area contributed by atoms with Crippen LogP contribution in [0.3, 0.4) is 0 Å². The standard InChI is InChI=1S/C22H29N3O3/c1-27-20-9-8-19(14-21(20)28-2)15-23-22(26)17-25-12-10-24(11-13-25)16-18-6-4-3-5-7-18/h3-9,14H,10-13,15-17H2,1-2H3,(H,23,26). The normalized spacial score (nSPS) is 15.2. The zero-order valence-corrected chi connectivity index (χ0v) is 16.7. The van der Waals surface area contributed by atoms with Crippen molar-refractivity contribution >= 4 is 5.91 Å². The summed E-state index contributed by atoms with van der Waals surface area (Å²) >= 11 is 0. The molecule has 6 heteroatoms.